The molecular weight excluding hydrogens is 403 g/mol. The molecule has 0 bridgehead atoms. The van der Waals surface area contributed by atoms with Crippen molar-refractivity contribution in [3.63, 3.8) is 0 Å². The summed E-state index contributed by atoms with van der Waals surface area (Å²) in [6, 6.07) is 7.31. The Labute approximate surface area is 165 Å². The van der Waals surface area contributed by atoms with Crippen LogP contribution in [0.4, 0.5) is 10.2 Å². The third-order valence-corrected chi connectivity index (χ3v) is 7.12. The quantitative estimate of drug-likeness (QED) is 0.700. The van der Waals surface area contributed by atoms with Crippen molar-refractivity contribution < 1.29 is 17.6 Å². The first kappa shape index (κ1) is 18.8. The minimum atomic E-state index is -3.07. The standard InChI is InChI=1S/C18H17FN4O3S2/c1-11-8-16(23(22-11)14-6-7-28(25,26)10-14)21-17(24)15-9-27-18(20-15)12-2-4-13(19)5-3-12/h2-5,8-9,14H,6-7,10H2,1H3,(H,21,24). The molecule has 1 aliphatic heterocycles. The summed E-state index contributed by atoms with van der Waals surface area (Å²) in [6.45, 7) is 1.78. The summed E-state index contributed by atoms with van der Waals surface area (Å²) in [5.74, 6) is -0.164. The van der Waals surface area contributed by atoms with Gasteiger partial charge in [-0.05, 0) is 37.6 Å². The number of nitrogens with zero attached hydrogens (tertiary/aromatic N) is 3. The van der Waals surface area contributed by atoms with Gasteiger partial charge in [-0.15, -0.1) is 11.3 Å². The minimum Gasteiger partial charge on any atom is -0.305 e. The number of rotatable bonds is 4. The Bertz CT molecular complexity index is 1140. The number of nitrogens with one attached hydrogen (secondary N) is 1. The Balaban J connectivity index is 1.54. The highest BCUT2D eigenvalue weighted by atomic mass is 32.2. The van der Waals surface area contributed by atoms with Crippen molar-refractivity contribution in [2.45, 2.75) is 19.4 Å². The molecule has 3 aromatic rings. The van der Waals surface area contributed by atoms with Crippen molar-refractivity contribution in [2.75, 3.05) is 16.8 Å². The van der Waals surface area contributed by atoms with Gasteiger partial charge in [0.25, 0.3) is 5.91 Å². The van der Waals surface area contributed by atoms with E-state index in [1.165, 1.54) is 23.5 Å². The summed E-state index contributed by atoms with van der Waals surface area (Å²) in [4.78, 5) is 17.0. The molecule has 4 rings (SSSR count). The van der Waals surface area contributed by atoms with E-state index >= 15 is 0 Å². The van der Waals surface area contributed by atoms with E-state index in [4.69, 9.17) is 0 Å². The first-order valence-electron chi connectivity index (χ1n) is 8.60. The normalized spacial score (nSPS) is 18.3. The van der Waals surface area contributed by atoms with Gasteiger partial charge in [0.15, 0.2) is 9.84 Å². The van der Waals surface area contributed by atoms with E-state index in [0.29, 0.717) is 22.9 Å². The number of thiazole rings is 1. The number of aromatic nitrogens is 3. The summed E-state index contributed by atoms with van der Waals surface area (Å²) in [6.07, 6.45) is 0.470. The highest BCUT2D eigenvalue weighted by molar-refractivity contribution is 7.91. The fourth-order valence-corrected chi connectivity index (χ4v) is 5.64. The van der Waals surface area contributed by atoms with Gasteiger partial charge in [-0.25, -0.2) is 22.5 Å². The average Bonchev–Trinajstić information content (AvgIpc) is 3.34. The van der Waals surface area contributed by atoms with Gasteiger partial charge in [0.1, 0.15) is 22.3 Å². The molecule has 0 saturated carbocycles. The van der Waals surface area contributed by atoms with Crippen molar-refractivity contribution in [1.82, 2.24) is 14.8 Å². The third kappa shape index (κ3) is 3.83. The molecule has 0 aliphatic carbocycles. The summed E-state index contributed by atoms with van der Waals surface area (Å²) in [5.41, 5.74) is 1.64. The monoisotopic (exact) mass is 420 g/mol. The van der Waals surface area contributed by atoms with E-state index in [0.717, 1.165) is 5.56 Å². The molecule has 146 valence electrons. The second-order valence-electron chi connectivity index (χ2n) is 6.67. The van der Waals surface area contributed by atoms with Crippen LogP contribution in [0.25, 0.3) is 10.6 Å². The van der Waals surface area contributed by atoms with Gasteiger partial charge >= 0.3 is 0 Å². The zero-order chi connectivity index (χ0) is 19.9. The lowest BCUT2D eigenvalue weighted by Crippen LogP contribution is -2.19. The molecule has 28 heavy (non-hydrogen) atoms. The second kappa shape index (κ2) is 7.10. The van der Waals surface area contributed by atoms with Crippen molar-refractivity contribution in [3.05, 3.63) is 52.9 Å². The molecule has 0 radical (unpaired) electrons. The van der Waals surface area contributed by atoms with Crippen LogP contribution in [0.3, 0.4) is 0 Å². The summed E-state index contributed by atoms with van der Waals surface area (Å²) in [7, 11) is -3.07. The van der Waals surface area contributed by atoms with Crippen LogP contribution >= 0.6 is 11.3 Å². The maximum absolute atomic E-state index is 13.1. The summed E-state index contributed by atoms with van der Waals surface area (Å²) < 4.78 is 38.2. The molecule has 1 N–H and O–H groups in total. The number of hydrogen-bond donors (Lipinski definition) is 1. The average molecular weight is 420 g/mol. The fourth-order valence-electron chi connectivity index (χ4n) is 3.14. The van der Waals surface area contributed by atoms with Gasteiger partial charge in [0.2, 0.25) is 0 Å². The second-order valence-corrected chi connectivity index (χ2v) is 9.76. The van der Waals surface area contributed by atoms with Crippen LogP contribution in [0, 0.1) is 12.7 Å². The first-order chi connectivity index (χ1) is 13.3. The molecule has 1 aromatic carbocycles. The van der Waals surface area contributed by atoms with Gasteiger partial charge in [-0.2, -0.15) is 5.10 Å². The van der Waals surface area contributed by atoms with Gasteiger partial charge in [0.05, 0.1) is 23.2 Å². The highest BCUT2D eigenvalue weighted by Gasteiger charge is 2.31. The SMILES string of the molecule is Cc1cc(NC(=O)c2csc(-c3ccc(F)cc3)n2)n(C2CCS(=O)(=O)C2)n1. The minimum absolute atomic E-state index is 0.0163. The molecule has 2 aromatic heterocycles. The van der Waals surface area contributed by atoms with Crippen LogP contribution in [0.2, 0.25) is 0 Å². The number of halogens is 1. The Kier molecular flexibility index (Phi) is 4.76. The van der Waals surface area contributed by atoms with Crippen LogP contribution < -0.4 is 5.32 Å². The molecular formula is C18H17FN4O3S2. The fraction of sp³-hybridized carbons (Fsp3) is 0.278. The van der Waals surface area contributed by atoms with Gasteiger partial charge in [-0.1, -0.05) is 0 Å². The van der Waals surface area contributed by atoms with E-state index in [1.807, 2.05) is 0 Å². The van der Waals surface area contributed by atoms with Gasteiger partial charge in [0, 0.05) is 17.0 Å². The number of amides is 1. The molecule has 3 heterocycles. The summed E-state index contributed by atoms with van der Waals surface area (Å²) >= 11 is 1.29. The predicted octanol–water partition coefficient (Wildman–Crippen LogP) is 3.07. The van der Waals surface area contributed by atoms with Gasteiger partial charge in [-0.3, -0.25) is 4.79 Å². The van der Waals surface area contributed by atoms with Crippen molar-refractivity contribution in [2.24, 2.45) is 0 Å². The number of carbonyl (C=O) groups excluding carboxylic acids is 1. The largest absolute Gasteiger partial charge is 0.305 e. The molecule has 1 aliphatic rings. The van der Waals surface area contributed by atoms with Crippen LogP contribution in [-0.2, 0) is 9.84 Å². The molecule has 1 saturated heterocycles. The van der Waals surface area contributed by atoms with Crippen molar-refractivity contribution in [3.8, 4) is 10.6 Å². The Morgan fingerprint density at radius 1 is 1.32 bits per heavy atom. The van der Waals surface area contributed by atoms with Gasteiger partial charge < -0.3 is 5.32 Å². The third-order valence-electron chi connectivity index (χ3n) is 4.48. The molecule has 7 nitrogen and oxygen atoms in total. The zero-order valence-electron chi connectivity index (χ0n) is 14.9. The smallest absolute Gasteiger partial charge is 0.276 e. The Morgan fingerprint density at radius 2 is 2.07 bits per heavy atom. The summed E-state index contributed by atoms with van der Waals surface area (Å²) in [5, 5.41) is 9.36. The molecule has 10 heteroatoms. The lowest BCUT2D eigenvalue weighted by Gasteiger charge is -2.13. The maximum atomic E-state index is 13.1. The zero-order valence-corrected chi connectivity index (χ0v) is 16.6. The molecule has 1 fully saturated rings. The van der Waals surface area contributed by atoms with E-state index in [-0.39, 0.29) is 29.1 Å². The lowest BCUT2D eigenvalue weighted by molar-refractivity contribution is 0.102. The number of anilines is 1. The molecule has 1 unspecified atom stereocenters. The van der Waals surface area contributed by atoms with E-state index in [2.05, 4.69) is 15.4 Å². The first-order valence-corrected chi connectivity index (χ1v) is 11.3. The van der Waals surface area contributed by atoms with E-state index in [9.17, 15) is 17.6 Å². The molecule has 0 spiro atoms. The van der Waals surface area contributed by atoms with Crippen molar-refractivity contribution in [1.29, 1.82) is 0 Å². The van der Waals surface area contributed by atoms with E-state index in [1.54, 1.807) is 35.2 Å². The van der Waals surface area contributed by atoms with E-state index < -0.39 is 15.7 Å². The number of hydrogen-bond acceptors (Lipinski definition) is 6. The number of carbonyl (C=O) groups is 1. The number of benzene rings is 1. The number of sulfone groups is 1. The Morgan fingerprint density at radius 3 is 2.75 bits per heavy atom. The topological polar surface area (TPSA) is 94.0 Å². The van der Waals surface area contributed by atoms with Crippen LogP contribution in [0.1, 0.15) is 28.6 Å². The maximum Gasteiger partial charge on any atom is 0.276 e. The predicted molar refractivity (Wildman–Crippen MR) is 105 cm³/mol. The van der Waals surface area contributed by atoms with Crippen LogP contribution in [0.15, 0.2) is 35.7 Å². The Hall–Kier alpha value is -2.59. The van der Waals surface area contributed by atoms with Crippen LogP contribution in [0.5, 0.6) is 0 Å². The van der Waals surface area contributed by atoms with Crippen molar-refractivity contribution >= 4 is 32.9 Å². The highest BCUT2D eigenvalue weighted by Crippen LogP contribution is 2.28. The number of aryl methyl sites for hydroxylation is 1. The molecule has 1 atom stereocenters. The van der Waals surface area contributed by atoms with Crippen LogP contribution in [-0.4, -0.2) is 40.6 Å². The molecule has 1 amide bonds. The lowest BCUT2D eigenvalue weighted by atomic mass is 10.2.